The molecular weight excluding hydrogens is 280 g/mol. The number of pyridine rings is 1. The Morgan fingerprint density at radius 1 is 1.32 bits per heavy atom. The van der Waals surface area contributed by atoms with Crippen LogP contribution in [0.2, 0.25) is 0 Å². The molecule has 2 heterocycles. The summed E-state index contributed by atoms with van der Waals surface area (Å²) in [6.07, 6.45) is -0.495. The number of anilines is 1. The number of nitrogens with zero attached hydrogens (tertiary/aromatic N) is 3. The highest BCUT2D eigenvalue weighted by Gasteiger charge is 2.18. The Morgan fingerprint density at radius 2 is 2.09 bits per heavy atom. The Balaban J connectivity index is 2.32. The van der Waals surface area contributed by atoms with E-state index in [4.69, 9.17) is 10.5 Å². The summed E-state index contributed by atoms with van der Waals surface area (Å²) in [5.41, 5.74) is 8.46. The first-order chi connectivity index (χ1) is 10.6. The maximum Gasteiger partial charge on any atom is 0.152 e. The van der Waals surface area contributed by atoms with E-state index < -0.39 is 6.10 Å². The van der Waals surface area contributed by atoms with Crippen molar-refractivity contribution in [1.82, 2.24) is 14.5 Å². The third-order valence-corrected chi connectivity index (χ3v) is 3.57. The third-order valence-electron chi connectivity index (χ3n) is 3.57. The van der Waals surface area contributed by atoms with Crippen LogP contribution in [0.3, 0.4) is 0 Å². The molecule has 0 unspecified atom stereocenters. The standard InChI is InChI=1S/C16H20N4O2/c1-3-22-9-13-19-14-15(20(13)8-10(2)21)11-6-4-5-7-12(11)18-16(14)17/h4-7,10,21H,3,8-9H2,1-2H3,(H2,17,18)/t10-/m1/s1. The molecule has 22 heavy (non-hydrogen) atoms. The predicted octanol–water partition coefficient (Wildman–Crippen LogP) is 2.08. The van der Waals surface area contributed by atoms with E-state index in [9.17, 15) is 5.11 Å². The lowest BCUT2D eigenvalue weighted by molar-refractivity contribution is 0.121. The molecule has 0 bridgehead atoms. The van der Waals surface area contributed by atoms with Gasteiger partial charge in [-0.3, -0.25) is 0 Å². The number of nitrogen functional groups attached to an aromatic ring is 1. The number of nitrogens with two attached hydrogens (primary N) is 1. The normalized spacial score (nSPS) is 13.0. The van der Waals surface area contributed by atoms with Gasteiger partial charge >= 0.3 is 0 Å². The van der Waals surface area contributed by atoms with Crippen LogP contribution >= 0.6 is 0 Å². The lowest BCUT2D eigenvalue weighted by Crippen LogP contribution is -2.15. The molecule has 6 heteroatoms. The van der Waals surface area contributed by atoms with Gasteiger partial charge in [-0.05, 0) is 19.9 Å². The van der Waals surface area contributed by atoms with Crippen LogP contribution in [0.5, 0.6) is 0 Å². The molecule has 116 valence electrons. The topological polar surface area (TPSA) is 86.2 Å². The minimum atomic E-state index is -0.495. The molecule has 1 aromatic carbocycles. The van der Waals surface area contributed by atoms with E-state index >= 15 is 0 Å². The number of benzene rings is 1. The van der Waals surface area contributed by atoms with E-state index in [0.29, 0.717) is 31.1 Å². The van der Waals surface area contributed by atoms with Crippen LogP contribution in [0.4, 0.5) is 5.82 Å². The minimum Gasteiger partial charge on any atom is -0.392 e. The zero-order chi connectivity index (χ0) is 15.7. The van der Waals surface area contributed by atoms with Gasteiger partial charge in [-0.1, -0.05) is 18.2 Å². The van der Waals surface area contributed by atoms with E-state index in [0.717, 1.165) is 22.2 Å². The van der Waals surface area contributed by atoms with Gasteiger partial charge in [-0.2, -0.15) is 0 Å². The summed E-state index contributed by atoms with van der Waals surface area (Å²) in [4.78, 5) is 9.01. The van der Waals surface area contributed by atoms with Crippen molar-refractivity contribution in [3.63, 3.8) is 0 Å². The van der Waals surface area contributed by atoms with Gasteiger partial charge in [-0.15, -0.1) is 0 Å². The monoisotopic (exact) mass is 300 g/mol. The summed E-state index contributed by atoms with van der Waals surface area (Å²) in [6, 6.07) is 7.81. The van der Waals surface area contributed by atoms with Crippen molar-refractivity contribution >= 4 is 27.8 Å². The number of aliphatic hydroxyl groups is 1. The van der Waals surface area contributed by atoms with Gasteiger partial charge in [0, 0.05) is 12.0 Å². The number of fused-ring (bicyclic) bond motifs is 3. The molecule has 0 fully saturated rings. The second-order valence-electron chi connectivity index (χ2n) is 5.34. The van der Waals surface area contributed by atoms with Gasteiger partial charge in [0.2, 0.25) is 0 Å². The molecule has 0 aliphatic heterocycles. The summed E-state index contributed by atoms with van der Waals surface area (Å²) in [5.74, 6) is 1.15. The van der Waals surface area contributed by atoms with Crippen molar-refractivity contribution in [3.8, 4) is 0 Å². The second-order valence-corrected chi connectivity index (χ2v) is 5.34. The molecule has 1 atom stereocenters. The van der Waals surface area contributed by atoms with Gasteiger partial charge in [0.25, 0.3) is 0 Å². The average Bonchev–Trinajstić information content (AvgIpc) is 2.84. The van der Waals surface area contributed by atoms with Crippen molar-refractivity contribution in [2.45, 2.75) is 33.1 Å². The number of hydrogen-bond acceptors (Lipinski definition) is 5. The molecule has 3 N–H and O–H groups in total. The summed E-state index contributed by atoms with van der Waals surface area (Å²) in [5, 5.41) is 10.8. The maximum absolute atomic E-state index is 9.84. The molecule has 0 aliphatic carbocycles. The van der Waals surface area contributed by atoms with Crippen LogP contribution in [0.1, 0.15) is 19.7 Å². The molecule has 3 aromatic rings. The molecule has 0 aliphatic rings. The lowest BCUT2D eigenvalue weighted by Gasteiger charge is -2.12. The third kappa shape index (κ3) is 2.51. The smallest absolute Gasteiger partial charge is 0.152 e. The van der Waals surface area contributed by atoms with Gasteiger partial charge in [-0.25, -0.2) is 9.97 Å². The zero-order valence-corrected chi connectivity index (χ0v) is 12.8. The molecule has 3 rings (SSSR count). The summed E-state index contributed by atoms with van der Waals surface area (Å²) >= 11 is 0. The zero-order valence-electron chi connectivity index (χ0n) is 12.8. The van der Waals surface area contributed by atoms with Crippen LogP contribution < -0.4 is 5.73 Å². The van der Waals surface area contributed by atoms with Crippen LogP contribution in [0.15, 0.2) is 24.3 Å². The van der Waals surface area contributed by atoms with Crippen LogP contribution in [-0.4, -0.2) is 32.4 Å². The van der Waals surface area contributed by atoms with E-state index in [-0.39, 0.29) is 0 Å². The fourth-order valence-corrected chi connectivity index (χ4v) is 2.67. The number of para-hydroxylation sites is 1. The SMILES string of the molecule is CCOCc1nc2c(N)nc3ccccc3c2n1C[C@@H](C)O. The highest BCUT2D eigenvalue weighted by Crippen LogP contribution is 2.29. The van der Waals surface area contributed by atoms with Crippen molar-refractivity contribution in [2.75, 3.05) is 12.3 Å². The number of aliphatic hydroxyl groups excluding tert-OH is 1. The minimum absolute atomic E-state index is 0.381. The van der Waals surface area contributed by atoms with E-state index in [1.54, 1.807) is 6.92 Å². The van der Waals surface area contributed by atoms with E-state index in [1.165, 1.54) is 0 Å². The average molecular weight is 300 g/mol. The Bertz CT molecular complexity index is 811. The predicted molar refractivity (Wildman–Crippen MR) is 86.5 cm³/mol. The molecule has 0 saturated heterocycles. The van der Waals surface area contributed by atoms with Gasteiger partial charge in [0.15, 0.2) is 5.82 Å². The molecule has 6 nitrogen and oxygen atoms in total. The molecule has 0 spiro atoms. The number of rotatable bonds is 5. The molecule has 0 amide bonds. The maximum atomic E-state index is 9.84. The Hall–Kier alpha value is -2.18. The first kappa shape index (κ1) is 14.7. The highest BCUT2D eigenvalue weighted by atomic mass is 16.5. The van der Waals surface area contributed by atoms with Gasteiger partial charge in [0.1, 0.15) is 17.9 Å². The largest absolute Gasteiger partial charge is 0.392 e. The molecule has 0 radical (unpaired) electrons. The Morgan fingerprint density at radius 3 is 2.82 bits per heavy atom. The first-order valence-electron chi connectivity index (χ1n) is 7.41. The van der Waals surface area contributed by atoms with Crippen molar-refractivity contribution < 1.29 is 9.84 Å². The quantitative estimate of drug-likeness (QED) is 0.753. The number of ether oxygens (including phenoxy) is 1. The molecule has 0 saturated carbocycles. The van der Waals surface area contributed by atoms with Crippen LogP contribution in [-0.2, 0) is 17.9 Å². The van der Waals surface area contributed by atoms with Gasteiger partial charge in [0.05, 0.1) is 23.7 Å². The summed E-state index contributed by atoms with van der Waals surface area (Å²) in [7, 11) is 0. The van der Waals surface area contributed by atoms with Crippen LogP contribution in [0.25, 0.3) is 21.9 Å². The van der Waals surface area contributed by atoms with Gasteiger partial charge < -0.3 is 20.1 Å². The lowest BCUT2D eigenvalue weighted by atomic mass is 10.2. The van der Waals surface area contributed by atoms with E-state index in [2.05, 4.69) is 9.97 Å². The van der Waals surface area contributed by atoms with Crippen molar-refractivity contribution in [3.05, 3.63) is 30.1 Å². The van der Waals surface area contributed by atoms with E-state index in [1.807, 2.05) is 35.8 Å². The number of imidazole rings is 1. The highest BCUT2D eigenvalue weighted by molar-refractivity contribution is 6.06. The number of hydrogen-bond donors (Lipinski definition) is 2. The molecule has 2 aromatic heterocycles. The summed E-state index contributed by atoms with van der Waals surface area (Å²) in [6.45, 7) is 5.11. The fraction of sp³-hybridized carbons (Fsp3) is 0.375. The van der Waals surface area contributed by atoms with Crippen molar-refractivity contribution in [1.29, 1.82) is 0 Å². The van der Waals surface area contributed by atoms with Crippen molar-refractivity contribution in [2.24, 2.45) is 0 Å². The Kier molecular flexibility index (Phi) is 3.96. The first-order valence-corrected chi connectivity index (χ1v) is 7.41. The van der Waals surface area contributed by atoms with Crippen LogP contribution in [0, 0.1) is 0 Å². The fourth-order valence-electron chi connectivity index (χ4n) is 2.67. The Labute approximate surface area is 128 Å². The number of aromatic nitrogens is 3. The second kappa shape index (κ2) is 5.90. The molecular formula is C16H20N4O2. The summed E-state index contributed by atoms with van der Waals surface area (Å²) < 4.78 is 7.48.